The highest BCUT2D eigenvalue weighted by atomic mass is 16.6. The Morgan fingerprint density at radius 3 is 2.67 bits per heavy atom. The van der Waals surface area contributed by atoms with Gasteiger partial charge in [-0.15, -0.1) is 0 Å². The van der Waals surface area contributed by atoms with E-state index in [2.05, 4.69) is 0 Å². The molecule has 0 radical (unpaired) electrons. The number of likely N-dealkylation sites (tertiary alicyclic amines) is 1. The molecule has 2 saturated heterocycles. The molecule has 0 bridgehead atoms. The minimum Gasteiger partial charge on any atom is -0.481 e. The predicted octanol–water partition coefficient (Wildman–Crippen LogP) is 1.10. The van der Waals surface area contributed by atoms with Crippen LogP contribution in [0.5, 0.6) is 0 Å². The lowest BCUT2D eigenvalue weighted by Gasteiger charge is -2.29. The second-order valence-electron chi connectivity index (χ2n) is 5.92. The number of fused-ring (bicyclic) bond motifs is 1. The van der Waals surface area contributed by atoms with Gasteiger partial charge in [0.1, 0.15) is 11.0 Å². The molecule has 2 fully saturated rings. The van der Waals surface area contributed by atoms with Crippen LogP contribution in [-0.4, -0.2) is 53.5 Å². The summed E-state index contributed by atoms with van der Waals surface area (Å²) in [6.07, 6.45) is -0.0344. The number of carboxylic acids is 1. The summed E-state index contributed by atoms with van der Waals surface area (Å²) >= 11 is 0. The number of ether oxygens (including phenoxy) is 2. The quantitative estimate of drug-likeness (QED) is 0.761. The molecule has 1 N–H and O–H groups in total. The van der Waals surface area contributed by atoms with Crippen LogP contribution in [0.2, 0.25) is 0 Å². The summed E-state index contributed by atoms with van der Waals surface area (Å²) in [6.45, 7) is 6.22. The Bertz CT molecular complexity index is 375. The number of carbonyl (C=O) groups is 2. The standard InChI is InChI=1S/C12H19NO5/c1-11(2,3)18-10(16)13-5-4-12(9(14)15)7-17-6-8(12)13/h8H,4-7H2,1-3H3,(H,14,15). The highest BCUT2D eigenvalue weighted by Crippen LogP contribution is 2.42. The number of carboxylic acid groups (broad SMARTS) is 1. The third-order valence-corrected chi connectivity index (χ3v) is 3.50. The Kier molecular flexibility index (Phi) is 3.01. The van der Waals surface area contributed by atoms with Gasteiger partial charge in [-0.05, 0) is 27.2 Å². The van der Waals surface area contributed by atoms with Crippen LogP contribution in [0.3, 0.4) is 0 Å². The van der Waals surface area contributed by atoms with Crippen molar-refractivity contribution < 1.29 is 24.2 Å². The van der Waals surface area contributed by atoms with Crippen LogP contribution in [-0.2, 0) is 14.3 Å². The Labute approximate surface area is 106 Å². The monoisotopic (exact) mass is 257 g/mol. The maximum absolute atomic E-state index is 12.0. The normalized spacial score (nSPS) is 31.3. The molecule has 0 saturated carbocycles. The molecule has 2 heterocycles. The zero-order valence-corrected chi connectivity index (χ0v) is 10.9. The Morgan fingerprint density at radius 1 is 1.44 bits per heavy atom. The summed E-state index contributed by atoms with van der Waals surface area (Å²) in [6, 6.07) is -0.412. The number of hydrogen-bond acceptors (Lipinski definition) is 4. The summed E-state index contributed by atoms with van der Waals surface area (Å²) < 4.78 is 10.5. The Balaban J connectivity index is 2.14. The van der Waals surface area contributed by atoms with Gasteiger partial charge in [-0.3, -0.25) is 4.79 Å². The first-order valence-corrected chi connectivity index (χ1v) is 6.07. The second kappa shape index (κ2) is 4.12. The van der Waals surface area contributed by atoms with Gasteiger partial charge in [-0.2, -0.15) is 0 Å². The highest BCUT2D eigenvalue weighted by molar-refractivity contribution is 5.79. The van der Waals surface area contributed by atoms with E-state index in [1.807, 2.05) is 0 Å². The molecule has 2 rings (SSSR count). The van der Waals surface area contributed by atoms with E-state index >= 15 is 0 Å². The first kappa shape index (κ1) is 13.1. The van der Waals surface area contributed by atoms with E-state index in [9.17, 15) is 14.7 Å². The fourth-order valence-electron chi connectivity index (χ4n) is 2.56. The van der Waals surface area contributed by atoms with Crippen molar-refractivity contribution in [2.75, 3.05) is 19.8 Å². The SMILES string of the molecule is CC(C)(C)OC(=O)N1CCC2(C(=O)O)COCC12. The van der Waals surface area contributed by atoms with Crippen molar-refractivity contribution in [1.82, 2.24) is 4.90 Å². The summed E-state index contributed by atoms with van der Waals surface area (Å²) in [5.74, 6) is -0.893. The minimum absolute atomic E-state index is 0.173. The molecule has 2 aliphatic rings. The van der Waals surface area contributed by atoms with Gasteiger partial charge in [0, 0.05) is 6.54 Å². The Morgan fingerprint density at radius 2 is 2.11 bits per heavy atom. The van der Waals surface area contributed by atoms with E-state index < -0.39 is 29.1 Å². The van der Waals surface area contributed by atoms with Crippen LogP contribution in [0.4, 0.5) is 4.79 Å². The van der Waals surface area contributed by atoms with Crippen LogP contribution in [0.15, 0.2) is 0 Å². The molecule has 0 spiro atoms. The van der Waals surface area contributed by atoms with E-state index in [4.69, 9.17) is 9.47 Å². The van der Waals surface area contributed by atoms with Crippen LogP contribution in [0.25, 0.3) is 0 Å². The maximum Gasteiger partial charge on any atom is 0.410 e. The van der Waals surface area contributed by atoms with Crippen LogP contribution in [0.1, 0.15) is 27.2 Å². The van der Waals surface area contributed by atoms with Gasteiger partial charge in [0.15, 0.2) is 0 Å². The summed E-state index contributed by atoms with van der Waals surface area (Å²) in [7, 11) is 0. The van der Waals surface area contributed by atoms with Crippen molar-refractivity contribution in [2.45, 2.75) is 38.8 Å². The van der Waals surface area contributed by atoms with Crippen molar-refractivity contribution in [2.24, 2.45) is 5.41 Å². The summed E-state index contributed by atoms with van der Waals surface area (Å²) in [5.41, 5.74) is -1.53. The summed E-state index contributed by atoms with van der Waals surface area (Å²) in [5, 5.41) is 9.35. The Hall–Kier alpha value is -1.30. The van der Waals surface area contributed by atoms with E-state index in [1.54, 1.807) is 20.8 Å². The van der Waals surface area contributed by atoms with Crippen LogP contribution < -0.4 is 0 Å². The molecule has 2 aliphatic heterocycles. The van der Waals surface area contributed by atoms with Gasteiger partial charge < -0.3 is 19.5 Å². The molecule has 6 nitrogen and oxygen atoms in total. The maximum atomic E-state index is 12.0. The number of carbonyl (C=O) groups excluding carboxylic acids is 1. The molecule has 18 heavy (non-hydrogen) atoms. The lowest BCUT2D eigenvalue weighted by atomic mass is 9.83. The average molecular weight is 257 g/mol. The zero-order chi connectivity index (χ0) is 13.6. The van der Waals surface area contributed by atoms with Gasteiger partial charge in [0.2, 0.25) is 0 Å². The van der Waals surface area contributed by atoms with Crippen molar-refractivity contribution in [3.8, 4) is 0 Å². The average Bonchev–Trinajstić information content (AvgIpc) is 2.70. The van der Waals surface area contributed by atoms with Gasteiger partial charge in [-0.1, -0.05) is 0 Å². The lowest BCUT2D eigenvalue weighted by molar-refractivity contribution is -0.149. The van der Waals surface area contributed by atoms with E-state index in [1.165, 1.54) is 4.90 Å². The van der Waals surface area contributed by atoms with Gasteiger partial charge in [-0.25, -0.2) is 4.79 Å². The number of aliphatic carboxylic acids is 1. The summed E-state index contributed by atoms with van der Waals surface area (Å²) in [4.78, 5) is 24.9. The molecule has 0 aromatic rings. The number of amides is 1. The van der Waals surface area contributed by atoms with E-state index in [0.29, 0.717) is 13.0 Å². The van der Waals surface area contributed by atoms with Crippen LogP contribution >= 0.6 is 0 Å². The van der Waals surface area contributed by atoms with Crippen LogP contribution in [0, 0.1) is 5.41 Å². The third-order valence-electron chi connectivity index (χ3n) is 3.50. The lowest BCUT2D eigenvalue weighted by Crippen LogP contribution is -2.47. The molecule has 1 amide bonds. The largest absolute Gasteiger partial charge is 0.481 e. The third kappa shape index (κ3) is 2.05. The smallest absolute Gasteiger partial charge is 0.410 e. The molecule has 0 aliphatic carbocycles. The number of nitrogens with zero attached hydrogens (tertiary/aromatic N) is 1. The van der Waals surface area contributed by atoms with Gasteiger partial charge in [0.05, 0.1) is 19.3 Å². The molecular formula is C12H19NO5. The van der Waals surface area contributed by atoms with Gasteiger partial charge >= 0.3 is 12.1 Å². The van der Waals surface area contributed by atoms with Crippen molar-refractivity contribution in [1.29, 1.82) is 0 Å². The fourth-order valence-corrected chi connectivity index (χ4v) is 2.56. The molecule has 6 heteroatoms. The van der Waals surface area contributed by atoms with E-state index in [0.717, 1.165) is 0 Å². The number of rotatable bonds is 1. The van der Waals surface area contributed by atoms with Crippen molar-refractivity contribution in [3.05, 3.63) is 0 Å². The fraction of sp³-hybridized carbons (Fsp3) is 0.833. The van der Waals surface area contributed by atoms with Crippen molar-refractivity contribution in [3.63, 3.8) is 0 Å². The number of hydrogen-bond donors (Lipinski definition) is 1. The topological polar surface area (TPSA) is 76.1 Å². The zero-order valence-electron chi connectivity index (χ0n) is 10.9. The molecular weight excluding hydrogens is 238 g/mol. The van der Waals surface area contributed by atoms with E-state index in [-0.39, 0.29) is 13.2 Å². The second-order valence-corrected chi connectivity index (χ2v) is 5.92. The minimum atomic E-state index is -0.948. The molecule has 102 valence electrons. The van der Waals surface area contributed by atoms with Crippen molar-refractivity contribution >= 4 is 12.1 Å². The molecule has 2 atom stereocenters. The molecule has 0 aromatic carbocycles. The first-order chi connectivity index (χ1) is 8.26. The highest BCUT2D eigenvalue weighted by Gasteiger charge is 2.58. The predicted molar refractivity (Wildman–Crippen MR) is 62.2 cm³/mol. The first-order valence-electron chi connectivity index (χ1n) is 6.07. The van der Waals surface area contributed by atoms with Gasteiger partial charge in [0.25, 0.3) is 0 Å². The molecule has 2 unspecified atom stereocenters. The molecule has 0 aromatic heterocycles.